The fourth-order valence-electron chi connectivity index (χ4n) is 1.63. The molecule has 0 fully saturated rings. The first-order chi connectivity index (χ1) is 9.70. The Labute approximate surface area is 135 Å². The minimum Gasteiger partial charge on any atom is -0.478 e. The third-order valence-electron chi connectivity index (χ3n) is 2.56. The Morgan fingerprint density at radius 2 is 1.95 bits per heavy atom. The van der Waals surface area contributed by atoms with E-state index in [-0.39, 0.29) is 24.8 Å². The molecule has 0 amide bonds. The van der Waals surface area contributed by atoms with Crippen LogP contribution < -0.4 is 4.72 Å². The van der Waals surface area contributed by atoms with Crippen LogP contribution in [0.25, 0.3) is 0 Å². The summed E-state index contributed by atoms with van der Waals surface area (Å²) < 4.78 is 27.0. The number of anilines is 1. The van der Waals surface area contributed by atoms with Crippen molar-refractivity contribution in [1.29, 1.82) is 0 Å². The molecule has 0 spiro atoms. The second-order valence-electron chi connectivity index (χ2n) is 4.15. The lowest BCUT2D eigenvalue weighted by Gasteiger charge is -2.10. The minimum atomic E-state index is -4.01. The molecule has 1 aromatic heterocycles. The predicted molar refractivity (Wildman–Crippen MR) is 83.3 cm³/mol. The molecule has 5 nitrogen and oxygen atoms in total. The van der Waals surface area contributed by atoms with Gasteiger partial charge in [0.2, 0.25) is 0 Å². The van der Waals surface area contributed by atoms with E-state index in [4.69, 9.17) is 28.3 Å². The molecule has 9 heteroatoms. The van der Waals surface area contributed by atoms with Gasteiger partial charge < -0.3 is 5.11 Å². The Hall–Kier alpha value is -1.28. The normalized spacial score (nSPS) is 11.4. The zero-order valence-corrected chi connectivity index (χ0v) is 13.7. The molecular weight excluding hydrogens is 357 g/mol. The number of halogens is 2. The number of hydrogen-bond acceptors (Lipinski definition) is 4. The van der Waals surface area contributed by atoms with Gasteiger partial charge in [-0.2, -0.15) is 0 Å². The lowest BCUT2D eigenvalue weighted by atomic mass is 10.1. The van der Waals surface area contributed by atoms with Crippen molar-refractivity contribution in [3.05, 3.63) is 44.1 Å². The van der Waals surface area contributed by atoms with Crippen LogP contribution in [0.2, 0.25) is 8.67 Å². The molecule has 2 N–H and O–H groups in total. The van der Waals surface area contributed by atoms with Crippen molar-refractivity contribution in [2.75, 3.05) is 4.72 Å². The van der Waals surface area contributed by atoms with Gasteiger partial charge in [-0.15, -0.1) is 11.3 Å². The highest BCUT2D eigenvalue weighted by molar-refractivity contribution is 7.93. The topological polar surface area (TPSA) is 83.5 Å². The van der Waals surface area contributed by atoms with Crippen molar-refractivity contribution in [3.63, 3.8) is 0 Å². The quantitative estimate of drug-likeness (QED) is 0.861. The van der Waals surface area contributed by atoms with Gasteiger partial charge in [-0.1, -0.05) is 34.8 Å². The maximum atomic E-state index is 12.3. The standard InChI is InChI=1S/C12H9Cl2NO4S2/c1-6-2-3-8(7(4-6)12(16)17)15-21(18,19)9-5-10(13)20-11(9)14/h2-5,15H,1H3,(H,16,17). The van der Waals surface area contributed by atoms with Gasteiger partial charge in [-0.05, 0) is 25.1 Å². The summed E-state index contributed by atoms with van der Waals surface area (Å²) in [4.78, 5) is 11.0. The van der Waals surface area contributed by atoms with E-state index in [9.17, 15) is 13.2 Å². The van der Waals surface area contributed by atoms with Crippen molar-refractivity contribution in [3.8, 4) is 0 Å². The molecular formula is C12H9Cl2NO4S2. The summed E-state index contributed by atoms with van der Waals surface area (Å²) in [6, 6.07) is 5.58. The smallest absolute Gasteiger partial charge is 0.337 e. The van der Waals surface area contributed by atoms with E-state index in [1.54, 1.807) is 13.0 Å². The van der Waals surface area contributed by atoms with Crippen LogP contribution in [-0.2, 0) is 10.0 Å². The van der Waals surface area contributed by atoms with Gasteiger partial charge in [-0.25, -0.2) is 13.2 Å². The predicted octanol–water partition coefficient (Wildman–Crippen LogP) is 3.86. The van der Waals surface area contributed by atoms with Gasteiger partial charge in [-0.3, -0.25) is 4.72 Å². The number of aryl methyl sites for hydroxylation is 1. The maximum Gasteiger partial charge on any atom is 0.337 e. The molecule has 1 heterocycles. The van der Waals surface area contributed by atoms with Crippen molar-refractivity contribution in [2.45, 2.75) is 11.8 Å². The van der Waals surface area contributed by atoms with Crippen molar-refractivity contribution < 1.29 is 18.3 Å². The molecule has 21 heavy (non-hydrogen) atoms. The van der Waals surface area contributed by atoms with Crippen molar-refractivity contribution in [2.24, 2.45) is 0 Å². The molecule has 0 saturated carbocycles. The van der Waals surface area contributed by atoms with Gasteiger partial charge in [0.1, 0.15) is 9.23 Å². The second-order valence-corrected chi connectivity index (χ2v) is 8.08. The van der Waals surface area contributed by atoms with Gasteiger partial charge in [0.15, 0.2) is 0 Å². The largest absolute Gasteiger partial charge is 0.478 e. The third kappa shape index (κ3) is 3.49. The van der Waals surface area contributed by atoms with Crippen molar-refractivity contribution in [1.82, 2.24) is 0 Å². The Morgan fingerprint density at radius 1 is 1.29 bits per heavy atom. The Bertz CT molecular complexity index is 815. The third-order valence-corrected chi connectivity index (χ3v) is 5.68. The van der Waals surface area contributed by atoms with Gasteiger partial charge >= 0.3 is 5.97 Å². The van der Waals surface area contributed by atoms with Crippen LogP contribution in [0.1, 0.15) is 15.9 Å². The molecule has 2 rings (SSSR count). The van der Waals surface area contributed by atoms with Crippen LogP contribution in [0.4, 0.5) is 5.69 Å². The van der Waals surface area contributed by atoms with Crippen LogP contribution >= 0.6 is 34.5 Å². The van der Waals surface area contributed by atoms with Gasteiger partial charge in [0, 0.05) is 0 Å². The van der Waals surface area contributed by atoms with E-state index < -0.39 is 16.0 Å². The molecule has 0 unspecified atom stereocenters. The lowest BCUT2D eigenvalue weighted by Crippen LogP contribution is -2.15. The van der Waals surface area contributed by atoms with Crippen LogP contribution in [-0.4, -0.2) is 19.5 Å². The van der Waals surface area contributed by atoms with Crippen LogP contribution in [0, 0.1) is 6.92 Å². The molecule has 0 radical (unpaired) electrons. The number of sulfonamides is 1. The number of thiophene rings is 1. The van der Waals surface area contributed by atoms with Crippen LogP contribution in [0.3, 0.4) is 0 Å². The van der Waals surface area contributed by atoms with E-state index in [2.05, 4.69) is 4.72 Å². The number of rotatable bonds is 4. The Kier molecular flexibility index (Phi) is 4.48. The molecule has 0 bridgehead atoms. The highest BCUT2D eigenvalue weighted by Crippen LogP contribution is 2.35. The highest BCUT2D eigenvalue weighted by atomic mass is 35.5. The minimum absolute atomic E-state index is 0.0106. The SMILES string of the molecule is Cc1ccc(NS(=O)(=O)c2cc(Cl)sc2Cl)c(C(=O)O)c1. The second kappa shape index (κ2) is 5.84. The number of carboxylic acids is 1. The molecule has 2 aromatic rings. The summed E-state index contributed by atoms with van der Waals surface area (Å²) in [6.45, 7) is 1.71. The summed E-state index contributed by atoms with van der Waals surface area (Å²) in [7, 11) is -4.01. The fraction of sp³-hybridized carbons (Fsp3) is 0.0833. The Balaban J connectivity index is 2.47. The number of aromatic carboxylic acids is 1. The van der Waals surface area contributed by atoms with Crippen molar-refractivity contribution >= 4 is 56.2 Å². The molecule has 0 aliphatic carbocycles. The molecule has 0 saturated heterocycles. The maximum absolute atomic E-state index is 12.3. The van der Waals surface area contributed by atoms with Crippen LogP contribution in [0.5, 0.6) is 0 Å². The average molecular weight is 366 g/mol. The number of hydrogen-bond donors (Lipinski definition) is 2. The van der Waals surface area contributed by atoms with Crippen LogP contribution in [0.15, 0.2) is 29.2 Å². The summed E-state index contributed by atoms with van der Waals surface area (Å²) in [5.41, 5.74) is 0.523. The van der Waals surface area contributed by atoms with E-state index >= 15 is 0 Å². The monoisotopic (exact) mass is 365 g/mol. The first kappa shape index (κ1) is 16.1. The lowest BCUT2D eigenvalue weighted by molar-refractivity contribution is 0.0698. The number of carboxylic acid groups (broad SMARTS) is 1. The van der Waals surface area contributed by atoms with E-state index in [1.807, 2.05) is 0 Å². The van der Waals surface area contributed by atoms with E-state index in [0.29, 0.717) is 5.56 Å². The molecule has 1 aromatic carbocycles. The van der Waals surface area contributed by atoms with Gasteiger partial charge in [0.25, 0.3) is 10.0 Å². The fourth-order valence-corrected chi connectivity index (χ4v) is 4.86. The summed E-state index contributed by atoms with van der Waals surface area (Å²) in [6.07, 6.45) is 0. The summed E-state index contributed by atoms with van der Waals surface area (Å²) >= 11 is 12.5. The first-order valence-corrected chi connectivity index (χ1v) is 8.58. The van der Waals surface area contributed by atoms with E-state index in [0.717, 1.165) is 11.3 Å². The first-order valence-electron chi connectivity index (χ1n) is 5.52. The number of carbonyl (C=O) groups is 1. The molecule has 0 atom stereocenters. The number of benzene rings is 1. The molecule has 0 aliphatic heterocycles. The molecule has 0 aliphatic rings. The summed E-state index contributed by atoms with van der Waals surface area (Å²) in [5.74, 6) is -1.23. The Morgan fingerprint density at radius 3 is 2.48 bits per heavy atom. The zero-order chi connectivity index (χ0) is 15.8. The summed E-state index contributed by atoms with van der Waals surface area (Å²) in [5, 5.41) is 9.14. The molecule has 112 valence electrons. The van der Waals surface area contributed by atoms with Gasteiger partial charge in [0.05, 0.1) is 15.6 Å². The van der Waals surface area contributed by atoms with E-state index in [1.165, 1.54) is 18.2 Å². The number of nitrogens with one attached hydrogen (secondary N) is 1. The average Bonchev–Trinajstić information content (AvgIpc) is 2.71. The zero-order valence-electron chi connectivity index (χ0n) is 10.6. The highest BCUT2D eigenvalue weighted by Gasteiger charge is 2.23.